The van der Waals surface area contributed by atoms with Gasteiger partial charge in [0.1, 0.15) is 22.9 Å². The van der Waals surface area contributed by atoms with Gasteiger partial charge in [0.15, 0.2) is 0 Å². The molecule has 11 heteroatoms. The summed E-state index contributed by atoms with van der Waals surface area (Å²) in [5.74, 6) is 0.543. The van der Waals surface area contributed by atoms with E-state index in [9.17, 15) is 14.9 Å². The number of methoxy groups -OCH3 is 1. The van der Waals surface area contributed by atoms with Crippen LogP contribution in [0.5, 0.6) is 5.75 Å². The van der Waals surface area contributed by atoms with Crippen LogP contribution in [0.4, 0.5) is 4.79 Å². The molecule has 37 heavy (non-hydrogen) atoms. The zero-order valence-electron chi connectivity index (χ0n) is 20.7. The molecule has 0 radical (unpaired) electrons. The highest BCUT2D eigenvalue weighted by Crippen LogP contribution is 2.34. The number of urea groups is 1. The van der Waals surface area contributed by atoms with Gasteiger partial charge in [-0.2, -0.15) is 15.5 Å². The minimum atomic E-state index is -0.0392. The lowest BCUT2D eigenvalue weighted by molar-refractivity contribution is -0.146. The number of carbonyl (C=O) groups excluding carboxylic acids is 2. The molecule has 11 nitrogen and oxygen atoms in total. The molecule has 190 valence electrons. The van der Waals surface area contributed by atoms with Crippen molar-refractivity contribution in [1.82, 2.24) is 34.1 Å². The van der Waals surface area contributed by atoms with Crippen LogP contribution < -0.4 is 4.74 Å². The first-order valence-electron chi connectivity index (χ1n) is 12.5. The normalized spacial score (nSPS) is 21.5. The highest BCUT2D eigenvalue weighted by atomic mass is 16.5. The molecule has 0 aromatic carbocycles. The third-order valence-electron chi connectivity index (χ3n) is 7.85. The van der Waals surface area contributed by atoms with Crippen LogP contribution in [0.25, 0.3) is 16.6 Å². The summed E-state index contributed by atoms with van der Waals surface area (Å²) in [7, 11) is 1.58. The van der Waals surface area contributed by atoms with E-state index in [-0.39, 0.29) is 30.1 Å². The molecule has 2 bridgehead atoms. The van der Waals surface area contributed by atoms with Crippen molar-refractivity contribution in [3.8, 4) is 22.9 Å². The minimum absolute atomic E-state index is 0.0392. The second kappa shape index (κ2) is 8.96. The van der Waals surface area contributed by atoms with Gasteiger partial charge in [0.2, 0.25) is 5.91 Å². The van der Waals surface area contributed by atoms with Crippen LogP contribution in [-0.2, 0) is 4.79 Å². The van der Waals surface area contributed by atoms with Crippen LogP contribution in [-0.4, -0.2) is 91.4 Å². The van der Waals surface area contributed by atoms with Gasteiger partial charge in [0, 0.05) is 49.7 Å². The van der Waals surface area contributed by atoms with Crippen LogP contribution >= 0.6 is 0 Å². The Balaban J connectivity index is 1.10. The van der Waals surface area contributed by atoms with Gasteiger partial charge in [-0.25, -0.2) is 9.31 Å². The van der Waals surface area contributed by atoms with Gasteiger partial charge >= 0.3 is 6.03 Å². The van der Waals surface area contributed by atoms with E-state index in [2.05, 4.69) is 22.8 Å². The van der Waals surface area contributed by atoms with Gasteiger partial charge in [-0.05, 0) is 31.4 Å². The standard InChI is InChI=1S/C26H28N8O3/c1-3-24(35)34-21-9-22(34)16-31(15-21)26(36)30-6-4-20(5-7-30)32-14-19(12-28-32)17-8-23(37-2)25-18(10-27)11-29-33(25)13-17/h3,8,11-14,20-22H,1,4-7,9,15-16H2,2H3. The maximum atomic E-state index is 13.2. The first-order valence-corrected chi connectivity index (χ1v) is 12.5. The summed E-state index contributed by atoms with van der Waals surface area (Å²) >= 11 is 0. The number of hydrogen-bond acceptors (Lipinski definition) is 6. The van der Waals surface area contributed by atoms with E-state index in [1.165, 1.54) is 12.3 Å². The van der Waals surface area contributed by atoms with Crippen LogP contribution in [0.15, 0.2) is 43.5 Å². The third kappa shape index (κ3) is 3.80. The zero-order valence-corrected chi connectivity index (χ0v) is 20.7. The summed E-state index contributed by atoms with van der Waals surface area (Å²) in [6.07, 6.45) is 11.2. The van der Waals surface area contributed by atoms with Gasteiger partial charge in [-0.15, -0.1) is 0 Å². The Labute approximate surface area is 214 Å². The number of nitriles is 1. The second-order valence-corrected chi connectivity index (χ2v) is 9.87. The maximum Gasteiger partial charge on any atom is 0.320 e. The van der Waals surface area contributed by atoms with E-state index in [0.29, 0.717) is 43.0 Å². The number of amides is 3. The molecule has 0 aliphatic carbocycles. The average molecular weight is 501 g/mol. The SMILES string of the molecule is C=CC(=O)N1C2CC1CN(C(=O)N1CCC(n3cc(-c4cc(OC)c5c(C#N)cnn5c4)cn3)CC1)C2. The number of carbonyl (C=O) groups is 2. The summed E-state index contributed by atoms with van der Waals surface area (Å²) in [5, 5.41) is 18.2. The number of fused-ring (bicyclic) bond motifs is 3. The fourth-order valence-corrected chi connectivity index (χ4v) is 5.92. The largest absolute Gasteiger partial charge is 0.494 e. The number of rotatable bonds is 4. The Morgan fingerprint density at radius 2 is 1.84 bits per heavy atom. The summed E-state index contributed by atoms with van der Waals surface area (Å²) in [6, 6.07) is 4.53. The zero-order chi connectivity index (χ0) is 25.7. The van der Waals surface area contributed by atoms with Gasteiger partial charge in [0.25, 0.3) is 0 Å². The maximum absolute atomic E-state index is 13.2. The molecule has 0 spiro atoms. The lowest BCUT2D eigenvalue weighted by Crippen LogP contribution is -2.71. The fourth-order valence-electron chi connectivity index (χ4n) is 5.92. The quantitative estimate of drug-likeness (QED) is 0.508. The first-order chi connectivity index (χ1) is 18.0. The van der Waals surface area contributed by atoms with Crippen molar-refractivity contribution in [2.45, 2.75) is 37.4 Å². The van der Waals surface area contributed by atoms with Crippen LogP contribution in [0.2, 0.25) is 0 Å². The van der Waals surface area contributed by atoms with Crippen LogP contribution in [0, 0.1) is 11.3 Å². The number of nitrogens with zero attached hydrogens (tertiary/aromatic N) is 8. The first kappa shape index (κ1) is 23.1. The molecule has 7 heterocycles. The Morgan fingerprint density at radius 1 is 1.08 bits per heavy atom. The number of piperazine rings is 1. The van der Waals surface area contributed by atoms with Crippen molar-refractivity contribution in [2.75, 3.05) is 33.3 Å². The molecule has 0 saturated carbocycles. The monoisotopic (exact) mass is 500 g/mol. The summed E-state index contributed by atoms with van der Waals surface area (Å²) in [6.45, 7) is 6.12. The molecular weight excluding hydrogens is 472 g/mol. The van der Waals surface area contributed by atoms with E-state index < -0.39 is 0 Å². The van der Waals surface area contributed by atoms with E-state index in [0.717, 1.165) is 30.4 Å². The van der Waals surface area contributed by atoms with Gasteiger partial charge in [-0.1, -0.05) is 6.58 Å². The molecule has 3 aromatic heterocycles. The molecule has 3 aromatic rings. The number of likely N-dealkylation sites (tertiary alicyclic amines) is 1. The number of pyridine rings is 1. The topological polar surface area (TPSA) is 112 Å². The van der Waals surface area contributed by atoms with E-state index in [4.69, 9.17) is 4.74 Å². The number of ether oxygens (including phenoxy) is 1. The van der Waals surface area contributed by atoms with Crippen molar-refractivity contribution in [1.29, 1.82) is 5.26 Å². The van der Waals surface area contributed by atoms with E-state index in [1.807, 2.05) is 44.0 Å². The molecule has 4 fully saturated rings. The highest BCUT2D eigenvalue weighted by Gasteiger charge is 2.48. The molecule has 4 saturated heterocycles. The highest BCUT2D eigenvalue weighted by molar-refractivity contribution is 5.88. The lowest BCUT2D eigenvalue weighted by Gasteiger charge is -2.56. The summed E-state index contributed by atoms with van der Waals surface area (Å²) in [4.78, 5) is 30.9. The molecule has 0 N–H and O–H groups in total. The molecule has 4 aliphatic rings. The Bertz CT molecular complexity index is 1420. The molecule has 7 rings (SSSR count). The van der Waals surface area contributed by atoms with Crippen molar-refractivity contribution >= 4 is 17.5 Å². The van der Waals surface area contributed by atoms with E-state index >= 15 is 0 Å². The van der Waals surface area contributed by atoms with Crippen molar-refractivity contribution in [3.63, 3.8) is 0 Å². The van der Waals surface area contributed by atoms with Crippen molar-refractivity contribution in [2.24, 2.45) is 0 Å². The third-order valence-corrected chi connectivity index (χ3v) is 7.85. The van der Waals surface area contributed by atoms with Crippen LogP contribution in [0.1, 0.15) is 30.9 Å². The Hall–Kier alpha value is -4.33. The van der Waals surface area contributed by atoms with Gasteiger partial charge in [0.05, 0.1) is 37.6 Å². The minimum Gasteiger partial charge on any atom is -0.494 e. The predicted octanol–water partition coefficient (Wildman–Crippen LogP) is 2.31. The smallest absolute Gasteiger partial charge is 0.320 e. The number of piperidine rings is 2. The molecule has 2 atom stereocenters. The molecule has 2 unspecified atom stereocenters. The number of aromatic nitrogens is 4. The number of hydrogen-bond donors (Lipinski definition) is 0. The molecule has 4 aliphatic heterocycles. The second-order valence-electron chi connectivity index (χ2n) is 9.87. The molecule has 3 amide bonds. The molecular formula is C26H28N8O3. The predicted molar refractivity (Wildman–Crippen MR) is 134 cm³/mol. The van der Waals surface area contributed by atoms with E-state index in [1.54, 1.807) is 11.6 Å². The Kier molecular flexibility index (Phi) is 5.59. The summed E-state index contributed by atoms with van der Waals surface area (Å²) in [5.41, 5.74) is 2.93. The average Bonchev–Trinajstić information content (AvgIpc) is 3.59. The summed E-state index contributed by atoms with van der Waals surface area (Å²) < 4.78 is 9.16. The van der Waals surface area contributed by atoms with Crippen molar-refractivity contribution < 1.29 is 14.3 Å². The Morgan fingerprint density at radius 3 is 2.51 bits per heavy atom. The van der Waals surface area contributed by atoms with Crippen LogP contribution in [0.3, 0.4) is 0 Å². The fraction of sp³-hybridized carbons (Fsp3) is 0.423. The van der Waals surface area contributed by atoms with Crippen molar-refractivity contribution in [3.05, 3.63) is 49.1 Å². The lowest BCUT2D eigenvalue weighted by atomic mass is 9.87. The van der Waals surface area contributed by atoms with Gasteiger partial charge in [-0.3, -0.25) is 9.48 Å². The van der Waals surface area contributed by atoms with Gasteiger partial charge < -0.3 is 19.4 Å².